The summed E-state index contributed by atoms with van der Waals surface area (Å²) in [6.07, 6.45) is 1.26. The standard InChI is InChI=1S/C19H17N3O2/c20-13-14-4-3-6-16(12-14)19(24)21-10-11-22-17-7-2-1-5-15(17)8-9-18(22)23/h1-7,12H,8-11H2,(H,21,24). The fourth-order valence-corrected chi connectivity index (χ4v) is 2.85. The molecule has 0 atom stereocenters. The number of amides is 2. The van der Waals surface area contributed by atoms with Gasteiger partial charge in [0.1, 0.15) is 0 Å². The summed E-state index contributed by atoms with van der Waals surface area (Å²) in [5, 5.41) is 11.7. The van der Waals surface area contributed by atoms with E-state index in [-0.39, 0.29) is 11.8 Å². The van der Waals surface area contributed by atoms with E-state index in [0.29, 0.717) is 30.6 Å². The van der Waals surface area contributed by atoms with Crippen molar-refractivity contribution in [1.82, 2.24) is 5.32 Å². The third-order valence-electron chi connectivity index (χ3n) is 4.07. The van der Waals surface area contributed by atoms with Crippen molar-refractivity contribution >= 4 is 17.5 Å². The highest BCUT2D eigenvalue weighted by Gasteiger charge is 2.23. The molecular weight excluding hydrogens is 302 g/mol. The number of para-hydroxylation sites is 1. The molecule has 5 nitrogen and oxygen atoms in total. The Kier molecular flexibility index (Phi) is 4.57. The number of nitrogens with one attached hydrogen (secondary N) is 1. The maximum absolute atomic E-state index is 12.2. The lowest BCUT2D eigenvalue weighted by Crippen LogP contribution is -2.41. The molecule has 1 N–H and O–H groups in total. The van der Waals surface area contributed by atoms with E-state index in [1.54, 1.807) is 29.2 Å². The molecule has 0 spiro atoms. The first-order chi connectivity index (χ1) is 11.7. The second-order valence-corrected chi connectivity index (χ2v) is 5.62. The molecule has 1 aliphatic rings. The second kappa shape index (κ2) is 6.97. The Morgan fingerprint density at radius 2 is 2.00 bits per heavy atom. The van der Waals surface area contributed by atoms with Gasteiger partial charge in [0.05, 0.1) is 11.6 Å². The summed E-state index contributed by atoms with van der Waals surface area (Å²) in [5.74, 6) is -0.167. The van der Waals surface area contributed by atoms with Crippen molar-refractivity contribution in [3.63, 3.8) is 0 Å². The maximum Gasteiger partial charge on any atom is 0.251 e. The first-order valence-electron chi connectivity index (χ1n) is 7.85. The van der Waals surface area contributed by atoms with Crippen molar-refractivity contribution in [2.24, 2.45) is 0 Å². The lowest BCUT2D eigenvalue weighted by molar-refractivity contribution is -0.118. The summed E-state index contributed by atoms with van der Waals surface area (Å²) < 4.78 is 0. The van der Waals surface area contributed by atoms with Crippen LogP contribution in [0.1, 0.15) is 27.9 Å². The third-order valence-corrected chi connectivity index (χ3v) is 4.07. The van der Waals surface area contributed by atoms with Gasteiger partial charge in [0.15, 0.2) is 0 Å². The van der Waals surface area contributed by atoms with E-state index in [9.17, 15) is 9.59 Å². The predicted molar refractivity (Wildman–Crippen MR) is 90.6 cm³/mol. The Morgan fingerprint density at radius 3 is 2.83 bits per heavy atom. The molecule has 0 saturated heterocycles. The molecule has 1 aliphatic heterocycles. The van der Waals surface area contributed by atoms with E-state index >= 15 is 0 Å². The topological polar surface area (TPSA) is 73.2 Å². The first kappa shape index (κ1) is 15.8. The number of hydrogen-bond donors (Lipinski definition) is 1. The van der Waals surface area contributed by atoms with Gasteiger partial charge < -0.3 is 10.2 Å². The van der Waals surface area contributed by atoms with Crippen LogP contribution in [0.25, 0.3) is 0 Å². The number of nitriles is 1. The van der Waals surface area contributed by atoms with E-state index in [0.717, 1.165) is 17.7 Å². The summed E-state index contributed by atoms with van der Waals surface area (Å²) in [5.41, 5.74) is 2.97. The van der Waals surface area contributed by atoms with Crippen molar-refractivity contribution in [3.8, 4) is 6.07 Å². The number of benzene rings is 2. The number of hydrogen-bond acceptors (Lipinski definition) is 3. The molecule has 0 fully saturated rings. The number of carbonyl (C=O) groups excluding carboxylic acids is 2. The van der Waals surface area contributed by atoms with Crippen LogP contribution in [0.2, 0.25) is 0 Å². The van der Waals surface area contributed by atoms with Gasteiger partial charge >= 0.3 is 0 Å². The highest BCUT2D eigenvalue weighted by atomic mass is 16.2. The third kappa shape index (κ3) is 3.28. The molecule has 2 amide bonds. The predicted octanol–water partition coefficient (Wildman–Crippen LogP) is 2.27. The first-order valence-corrected chi connectivity index (χ1v) is 7.85. The Balaban J connectivity index is 1.63. The number of nitrogens with zero attached hydrogens (tertiary/aromatic N) is 2. The van der Waals surface area contributed by atoms with Crippen LogP contribution in [0.15, 0.2) is 48.5 Å². The minimum atomic E-state index is -0.246. The Bertz CT molecular complexity index is 823. The molecular formula is C19H17N3O2. The van der Waals surface area contributed by atoms with Crippen LogP contribution in [0.5, 0.6) is 0 Å². The van der Waals surface area contributed by atoms with Crippen LogP contribution in [-0.2, 0) is 11.2 Å². The van der Waals surface area contributed by atoms with Gasteiger partial charge in [0, 0.05) is 30.8 Å². The van der Waals surface area contributed by atoms with Crippen LogP contribution in [-0.4, -0.2) is 24.9 Å². The van der Waals surface area contributed by atoms with Crippen molar-refractivity contribution in [2.75, 3.05) is 18.0 Å². The number of rotatable bonds is 4. The van der Waals surface area contributed by atoms with E-state index in [2.05, 4.69) is 5.32 Å². The van der Waals surface area contributed by atoms with E-state index in [4.69, 9.17) is 5.26 Å². The Hall–Kier alpha value is -3.13. The molecule has 24 heavy (non-hydrogen) atoms. The lowest BCUT2D eigenvalue weighted by Gasteiger charge is -2.29. The van der Waals surface area contributed by atoms with Gasteiger partial charge in [-0.15, -0.1) is 0 Å². The van der Waals surface area contributed by atoms with Crippen molar-refractivity contribution in [2.45, 2.75) is 12.8 Å². The number of carbonyl (C=O) groups is 2. The summed E-state index contributed by atoms with van der Waals surface area (Å²) in [6, 6.07) is 16.4. The molecule has 3 rings (SSSR count). The van der Waals surface area contributed by atoms with Gasteiger partial charge in [-0.3, -0.25) is 9.59 Å². The smallest absolute Gasteiger partial charge is 0.251 e. The Morgan fingerprint density at radius 1 is 1.17 bits per heavy atom. The molecule has 5 heteroatoms. The normalized spacial score (nSPS) is 13.1. The number of anilines is 1. The van der Waals surface area contributed by atoms with Crippen molar-refractivity contribution in [3.05, 3.63) is 65.2 Å². The van der Waals surface area contributed by atoms with Crippen LogP contribution in [0.4, 0.5) is 5.69 Å². The minimum absolute atomic E-state index is 0.0782. The highest BCUT2D eigenvalue weighted by molar-refractivity contribution is 5.97. The zero-order valence-electron chi connectivity index (χ0n) is 13.2. The molecule has 0 radical (unpaired) electrons. The monoisotopic (exact) mass is 319 g/mol. The largest absolute Gasteiger partial charge is 0.350 e. The van der Waals surface area contributed by atoms with E-state index < -0.39 is 0 Å². The van der Waals surface area contributed by atoms with Gasteiger partial charge in [0.25, 0.3) is 5.91 Å². The maximum atomic E-state index is 12.2. The van der Waals surface area contributed by atoms with Crippen LogP contribution < -0.4 is 10.2 Å². The van der Waals surface area contributed by atoms with Crippen molar-refractivity contribution < 1.29 is 9.59 Å². The molecule has 0 unspecified atom stereocenters. The quantitative estimate of drug-likeness (QED) is 0.939. The average molecular weight is 319 g/mol. The Labute approximate surface area is 140 Å². The lowest BCUT2D eigenvalue weighted by atomic mass is 10.0. The molecule has 0 aromatic heterocycles. The van der Waals surface area contributed by atoms with E-state index in [1.807, 2.05) is 30.3 Å². The van der Waals surface area contributed by atoms with E-state index in [1.165, 1.54) is 0 Å². The molecule has 2 aromatic rings. The molecule has 0 bridgehead atoms. The molecule has 2 aromatic carbocycles. The van der Waals surface area contributed by atoms with Gasteiger partial charge in [-0.1, -0.05) is 24.3 Å². The second-order valence-electron chi connectivity index (χ2n) is 5.62. The summed E-state index contributed by atoms with van der Waals surface area (Å²) in [4.78, 5) is 26.0. The molecule has 0 aliphatic carbocycles. The number of aryl methyl sites for hydroxylation is 1. The average Bonchev–Trinajstić information content (AvgIpc) is 2.63. The van der Waals surface area contributed by atoms with Crippen LogP contribution >= 0.6 is 0 Å². The molecule has 1 heterocycles. The fourth-order valence-electron chi connectivity index (χ4n) is 2.85. The molecule has 0 saturated carbocycles. The molecule has 120 valence electrons. The van der Waals surface area contributed by atoms with Gasteiger partial charge in [-0.25, -0.2) is 0 Å². The van der Waals surface area contributed by atoms with Crippen LogP contribution in [0.3, 0.4) is 0 Å². The van der Waals surface area contributed by atoms with Gasteiger partial charge in [-0.05, 0) is 36.2 Å². The summed E-state index contributed by atoms with van der Waals surface area (Å²) in [6.45, 7) is 0.787. The van der Waals surface area contributed by atoms with Gasteiger partial charge in [0.2, 0.25) is 5.91 Å². The zero-order chi connectivity index (χ0) is 16.9. The minimum Gasteiger partial charge on any atom is -0.350 e. The zero-order valence-corrected chi connectivity index (χ0v) is 13.2. The van der Waals surface area contributed by atoms with Crippen molar-refractivity contribution in [1.29, 1.82) is 5.26 Å². The fraction of sp³-hybridized carbons (Fsp3) is 0.211. The number of fused-ring (bicyclic) bond motifs is 1. The summed E-state index contributed by atoms with van der Waals surface area (Å²) in [7, 11) is 0. The highest BCUT2D eigenvalue weighted by Crippen LogP contribution is 2.26. The van der Waals surface area contributed by atoms with Crippen LogP contribution in [0, 0.1) is 11.3 Å². The van der Waals surface area contributed by atoms with Gasteiger partial charge in [-0.2, -0.15) is 5.26 Å². The SMILES string of the molecule is N#Cc1cccc(C(=O)NCCN2C(=O)CCc3ccccc32)c1. The summed E-state index contributed by atoms with van der Waals surface area (Å²) >= 11 is 0.